The van der Waals surface area contributed by atoms with Gasteiger partial charge in [0, 0.05) is 56.1 Å². The van der Waals surface area contributed by atoms with E-state index in [2.05, 4.69) is 59.0 Å². The minimum Gasteiger partial charge on any atom is -0.460 e. The predicted octanol–water partition coefficient (Wildman–Crippen LogP) is 10.2. The quantitative estimate of drug-likeness (QED) is 0.0450. The summed E-state index contributed by atoms with van der Waals surface area (Å²) >= 11 is 1.82. The van der Waals surface area contributed by atoms with Crippen LogP contribution in [0.3, 0.4) is 0 Å². The summed E-state index contributed by atoms with van der Waals surface area (Å²) in [4.78, 5) is 15.1. The van der Waals surface area contributed by atoms with Gasteiger partial charge in [-0.25, -0.2) is 0 Å². The van der Waals surface area contributed by atoms with Crippen molar-refractivity contribution in [3.8, 4) is 17.2 Å². The third-order valence-corrected chi connectivity index (χ3v) is 13.5. The van der Waals surface area contributed by atoms with E-state index in [0.29, 0.717) is 19.6 Å². The standard InChI is InChI=1S/C50H55N3O6S/c1-2-27-56-50-47(60-28-22-39-33-51-23-24-52-39)32-45(53-57-34-35-12-4-3-5-13-35)43-30-38(16-8-10-25-54)42(17-9-11-26-55)48(49(43)50)44-31-41(20-21-46(44)59-50)58-40-19-18-36-14-6-7-15-37(36)29-40/h2-7,12-15,18-21,23-24,29-31,33,38,42,47-49,54-55H,1,8-11,16-17,22,25-28,32,34H2. The molecule has 1 fully saturated rings. The largest absolute Gasteiger partial charge is 0.460 e. The molecule has 0 radical (unpaired) electrons. The second kappa shape index (κ2) is 20.0. The highest BCUT2D eigenvalue weighted by molar-refractivity contribution is 8.00. The second-order valence-electron chi connectivity index (χ2n) is 15.9. The van der Waals surface area contributed by atoms with E-state index in [9.17, 15) is 10.2 Å². The summed E-state index contributed by atoms with van der Waals surface area (Å²) in [5.41, 5.74) is 5.07. The van der Waals surface area contributed by atoms with Crippen molar-refractivity contribution in [3.63, 3.8) is 0 Å². The maximum absolute atomic E-state index is 9.99. The highest BCUT2D eigenvalue weighted by Crippen LogP contribution is 2.62. The molecule has 0 amide bonds. The summed E-state index contributed by atoms with van der Waals surface area (Å²) in [7, 11) is 0. The molecule has 2 heterocycles. The third kappa shape index (κ3) is 9.32. The molecule has 2 aliphatic carbocycles. The normalized spacial score (nSPS) is 23.6. The molecule has 1 aromatic heterocycles. The molecule has 4 aromatic carbocycles. The van der Waals surface area contributed by atoms with Crippen molar-refractivity contribution in [3.05, 3.63) is 151 Å². The van der Waals surface area contributed by atoms with E-state index in [-0.39, 0.29) is 42.1 Å². The van der Waals surface area contributed by atoms with Crippen LogP contribution in [0.4, 0.5) is 0 Å². The molecule has 8 rings (SSSR count). The summed E-state index contributed by atoms with van der Waals surface area (Å²) in [5, 5.41) is 27.0. The smallest absolute Gasteiger partial charge is 0.230 e. The number of hydrogen-bond acceptors (Lipinski definition) is 10. The number of aromatic nitrogens is 2. The molecule has 0 saturated heterocycles. The van der Waals surface area contributed by atoms with Crippen LogP contribution in [-0.4, -0.2) is 62.5 Å². The van der Waals surface area contributed by atoms with Crippen LogP contribution in [-0.2, 0) is 22.6 Å². The van der Waals surface area contributed by atoms with Gasteiger partial charge in [-0.15, -0.1) is 6.58 Å². The zero-order valence-corrected chi connectivity index (χ0v) is 34.9. The van der Waals surface area contributed by atoms with Crippen molar-refractivity contribution in [2.45, 2.75) is 74.9 Å². The van der Waals surface area contributed by atoms with Crippen LogP contribution in [0.2, 0.25) is 0 Å². The maximum atomic E-state index is 9.99. The van der Waals surface area contributed by atoms with Crippen LogP contribution >= 0.6 is 11.8 Å². The Labute approximate surface area is 357 Å². The number of ether oxygens (including phenoxy) is 3. The number of fused-ring (bicyclic) bond motifs is 3. The molecule has 0 bridgehead atoms. The van der Waals surface area contributed by atoms with Crippen LogP contribution < -0.4 is 9.47 Å². The van der Waals surface area contributed by atoms with Gasteiger partial charge in [0.2, 0.25) is 5.79 Å². The fraction of sp³-hybridized carbons (Fsp3) is 0.380. The molecule has 2 N–H and O–H groups in total. The van der Waals surface area contributed by atoms with Crippen LogP contribution in [0.5, 0.6) is 17.2 Å². The average Bonchev–Trinajstić information content (AvgIpc) is 3.28. The fourth-order valence-corrected chi connectivity index (χ4v) is 10.8. The van der Waals surface area contributed by atoms with Crippen molar-refractivity contribution in [1.29, 1.82) is 0 Å². The van der Waals surface area contributed by atoms with Crippen molar-refractivity contribution >= 4 is 28.2 Å². The number of oxime groups is 1. The fourth-order valence-electron chi connectivity index (χ4n) is 9.43. The van der Waals surface area contributed by atoms with Crippen molar-refractivity contribution in [1.82, 2.24) is 9.97 Å². The summed E-state index contributed by atoms with van der Waals surface area (Å²) in [5.74, 6) is 2.08. The number of aryl methyl sites for hydroxylation is 1. The highest BCUT2D eigenvalue weighted by Gasteiger charge is 2.64. The SMILES string of the molecule is C=CCOC12Oc3ccc(Oc4ccc5ccccc5c4)cc3C3C(CCCCO)C(CCCCO)C=C(C(=NOCc4ccccc4)CC1SCCc1cnccn1)C32. The van der Waals surface area contributed by atoms with E-state index >= 15 is 0 Å². The number of benzene rings is 4. The molecule has 5 aromatic rings. The lowest BCUT2D eigenvalue weighted by Gasteiger charge is -2.58. The molecule has 6 unspecified atom stereocenters. The van der Waals surface area contributed by atoms with Gasteiger partial charge in [-0.05, 0) is 95.5 Å². The highest BCUT2D eigenvalue weighted by atomic mass is 32.2. The van der Waals surface area contributed by atoms with Crippen LogP contribution in [0, 0.1) is 17.8 Å². The van der Waals surface area contributed by atoms with E-state index in [1.54, 1.807) is 18.5 Å². The van der Waals surface area contributed by atoms with Crippen molar-refractivity contribution < 1.29 is 29.3 Å². The van der Waals surface area contributed by atoms with E-state index in [0.717, 1.165) is 107 Å². The first-order valence-electron chi connectivity index (χ1n) is 21.4. The molecule has 6 atom stereocenters. The van der Waals surface area contributed by atoms with Crippen molar-refractivity contribution in [2.24, 2.45) is 22.9 Å². The molecular formula is C50H55N3O6S. The number of allylic oxidation sites excluding steroid dienone is 1. The van der Waals surface area contributed by atoms with Gasteiger partial charge in [0.15, 0.2) is 0 Å². The Kier molecular flexibility index (Phi) is 13.9. The number of unbranched alkanes of at least 4 members (excludes halogenated alkanes) is 2. The molecule has 3 aliphatic rings. The van der Waals surface area contributed by atoms with Gasteiger partial charge in [-0.3, -0.25) is 9.97 Å². The first kappa shape index (κ1) is 41.7. The predicted molar refractivity (Wildman–Crippen MR) is 238 cm³/mol. The number of aliphatic hydroxyl groups is 2. The minimum absolute atomic E-state index is 0.0424. The van der Waals surface area contributed by atoms with Crippen LogP contribution in [0.1, 0.15) is 67.7 Å². The molecule has 1 saturated carbocycles. The Morgan fingerprint density at radius 2 is 1.67 bits per heavy atom. The Balaban J connectivity index is 1.25. The zero-order valence-electron chi connectivity index (χ0n) is 34.1. The van der Waals surface area contributed by atoms with Gasteiger partial charge in [-0.1, -0.05) is 90.8 Å². The maximum Gasteiger partial charge on any atom is 0.230 e. The molecule has 0 spiro atoms. The Morgan fingerprint density at radius 1 is 0.883 bits per heavy atom. The summed E-state index contributed by atoms with van der Waals surface area (Å²) in [6.07, 6.45) is 15.9. The van der Waals surface area contributed by atoms with Gasteiger partial charge < -0.3 is 29.3 Å². The van der Waals surface area contributed by atoms with Crippen LogP contribution in [0.25, 0.3) is 10.8 Å². The summed E-state index contributed by atoms with van der Waals surface area (Å²) in [6, 6.07) is 30.8. The zero-order chi connectivity index (χ0) is 41.2. The van der Waals surface area contributed by atoms with E-state index in [4.69, 9.17) is 24.2 Å². The number of rotatable bonds is 20. The number of thioether (sulfide) groups is 1. The van der Waals surface area contributed by atoms with Gasteiger partial charge >= 0.3 is 0 Å². The lowest BCUT2D eigenvalue weighted by Crippen LogP contribution is -2.64. The van der Waals surface area contributed by atoms with Gasteiger partial charge in [0.05, 0.1) is 29.2 Å². The number of hydrogen-bond donors (Lipinski definition) is 2. The molecule has 60 heavy (non-hydrogen) atoms. The average molecular weight is 826 g/mol. The van der Waals surface area contributed by atoms with E-state index in [1.165, 1.54) is 0 Å². The Morgan fingerprint density at radius 3 is 2.47 bits per heavy atom. The second-order valence-corrected chi connectivity index (χ2v) is 17.2. The summed E-state index contributed by atoms with van der Waals surface area (Å²) < 4.78 is 21.1. The third-order valence-electron chi connectivity index (χ3n) is 12.1. The van der Waals surface area contributed by atoms with Gasteiger partial charge in [0.1, 0.15) is 23.9 Å². The topological polar surface area (TPSA) is 116 Å². The van der Waals surface area contributed by atoms with Gasteiger partial charge in [-0.2, -0.15) is 11.8 Å². The van der Waals surface area contributed by atoms with Crippen LogP contribution in [0.15, 0.2) is 139 Å². The molecule has 9 nitrogen and oxygen atoms in total. The molecular weight excluding hydrogens is 771 g/mol. The minimum atomic E-state index is -1.06. The number of nitrogens with zero attached hydrogens (tertiary/aromatic N) is 3. The Hall–Kier alpha value is -5.00. The first-order chi connectivity index (χ1) is 29.6. The number of aliphatic hydroxyl groups excluding tert-OH is 2. The van der Waals surface area contributed by atoms with E-state index < -0.39 is 5.79 Å². The monoisotopic (exact) mass is 825 g/mol. The lowest BCUT2D eigenvalue weighted by atomic mass is 9.56. The Bertz CT molecular complexity index is 2250. The van der Waals surface area contributed by atoms with Crippen molar-refractivity contribution in [2.75, 3.05) is 25.6 Å². The van der Waals surface area contributed by atoms with E-state index in [1.807, 2.05) is 72.6 Å². The molecule has 312 valence electrons. The van der Waals surface area contributed by atoms with Gasteiger partial charge in [0.25, 0.3) is 0 Å². The summed E-state index contributed by atoms with van der Waals surface area (Å²) in [6.45, 7) is 5.04. The molecule has 1 aliphatic heterocycles. The first-order valence-corrected chi connectivity index (χ1v) is 22.4. The molecule has 10 heteroatoms. The lowest BCUT2D eigenvalue weighted by molar-refractivity contribution is -0.223.